The average Bonchev–Trinajstić information content (AvgIpc) is 2.61. The molecule has 0 saturated heterocycles. The summed E-state index contributed by atoms with van der Waals surface area (Å²) >= 11 is 6.24. The first-order valence-electron chi connectivity index (χ1n) is 4.97. The third kappa shape index (κ3) is 2.23. The third-order valence-corrected chi connectivity index (χ3v) is 2.57. The van der Waals surface area contributed by atoms with Crippen LogP contribution in [0.25, 0.3) is 11.4 Å². The Bertz CT molecular complexity index is 464. The third-order valence-electron chi connectivity index (χ3n) is 2.16. The fraction of sp³-hybridized carbons (Fsp3) is 0.273. The predicted molar refractivity (Wildman–Crippen MR) is 64.2 cm³/mol. The summed E-state index contributed by atoms with van der Waals surface area (Å²) in [5.41, 5.74) is 2.43. The number of pyridine rings is 1. The molecule has 2 heterocycles. The molecule has 0 radical (unpaired) electrons. The molecule has 4 nitrogen and oxygen atoms in total. The van der Waals surface area contributed by atoms with Gasteiger partial charge in [-0.3, -0.25) is 10.1 Å². The van der Waals surface area contributed by atoms with E-state index in [0.29, 0.717) is 11.6 Å². The molecule has 0 unspecified atom stereocenters. The number of aromatic amines is 1. The molecule has 16 heavy (non-hydrogen) atoms. The van der Waals surface area contributed by atoms with Crippen LogP contribution in [0.3, 0.4) is 0 Å². The van der Waals surface area contributed by atoms with Gasteiger partial charge in [-0.25, -0.2) is 0 Å². The Morgan fingerprint density at radius 2 is 2.19 bits per heavy atom. The molecule has 0 fully saturated rings. The Hall–Kier alpha value is -1.39. The van der Waals surface area contributed by atoms with E-state index in [-0.39, 0.29) is 0 Å². The highest BCUT2D eigenvalue weighted by molar-refractivity contribution is 6.33. The summed E-state index contributed by atoms with van der Waals surface area (Å²) in [4.78, 5) is 6.25. The number of nitrogens with zero attached hydrogens (tertiary/aromatic N) is 3. The molecule has 0 bridgehead atoms. The summed E-state index contributed by atoms with van der Waals surface area (Å²) in [6.07, 6.45) is 1.73. The van der Waals surface area contributed by atoms with Gasteiger partial charge in [0, 0.05) is 12.7 Å². The first-order valence-corrected chi connectivity index (χ1v) is 5.35. The largest absolute Gasteiger partial charge is 0.303 e. The number of H-pyrrole nitrogens is 1. The second kappa shape index (κ2) is 4.63. The monoisotopic (exact) mass is 236 g/mol. The highest BCUT2D eigenvalue weighted by atomic mass is 35.5. The lowest BCUT2D eigenvalue weighted by atomic mass is 10.2. The standard InChI is InChI=1S/C11H13ClN4/c1-16(2)7-9-10(12)11(15-14-9)8-5-3-4-6-13-8/h3-6H,7H2,1-2H3,(H,14,15). The minimum atomic E-state index is 0.646. The Morgan fingerprint density at radius 3 is 2.81 bits per heavy atom. The first-order chi connectivity index (χ1) is 7.68. The minimum Gasteiger partial charge on any atom is -0.303 e. The van der Waals surface area contributed by atoms with Crippen LogP contribution < -0.4 is 0 Å². The van der Waals surface area contributed by atoms with Crippen molar-refractivity contribution in [2.24, 2.45) is 0 Å². The van der Waals surface area contributed by atoms with Gasteiger partial charge in [-0.05, 0) is 26.2 Å². The highest BCUT2D eigenvalue weighted by Crippen LogP contribution is 2.27. The molecule has 2 aromatic rings. The molecule has 0 aliphatic rings. The summed E-state index contributed by atoms with van der Waals surface area (Å²) in [6.45, 7) is 0.710. The molecule has 1 N–H and O–H groups in total. The molecule has 2 rings (SSSR count). The molecule has 0 amide bonds. The number of hydrogen-bond acceptors (Lipinski definition) is 3. The lowest BCUT2D eigenvalue weighted by Crippen LogP contribution is -2.11. The van der Waals surface area contributed by atoms with Crippen LogP contribution in [0.15, 0.2) is 24.4 Å². The summed E-state index contributed by atoms with van der Waals surface area (Å²) in [7, 11) is 3.96. The molecule has 0 saturated carbocycles. The summed E-state index contributed by atoms with van der Waals surface area (Å²) < 4.78 is 0. The van der Waals surface area contributed by atoms with Crippen molar-refractivity contribution in [3.05, 3.63) is 35.1 Å². The van der Waals surface area contributed by atoms with Crippen LogP contribution >= 0.6 is 11.6 Å². The zero-order chi connectivity index (χ0) is 11.5. The minimum absolute atomic E-state index is 0.646. The van der Waals surface area contributed by atoms with Crippen LogP contribution in [0.5, 0.6) is 0 Å². The van der Waals surface area contributed by atoms with Crippen molar-refractivity contribution in [1.29, 1.82) is 0 Å². The van der Waals surface area contributed by atoms with E-state index >= 15 is 0 Å². The van der Waals surface area contributed by atoms with Gasteiger partial charge in [0.2, 0.25) is 0 Å². The van der Waals surface area contributed by atoms with Crippen LogP contribution in [0.1, 0.15) is 5.69 Å². The zero-order valence-corrected chi connectivity index (χ0v) is 9.99. The predicted octanol–water partition coefficient (Wildman–Crippen LogP) is 2.19. The molecular formula is C11H13ClN4. The normalized spacial score (nSPS) is 11.0. The Morgan fingerprint density at radius 1 is 1.38 bits per heavy atom. The number of aromatic nitrogens is 3. The van der Waals surface area contributed by atoms with Gasteiger partial charge < -0.3 is 4.90 Å². The van der Waals surface area contributed by atoms with Gasteiger partial charge in [0.15, 0.2) is 0 Å². The zero-order valence-electron chi connectivity index (χ0n) is 9.24. The van der Waals surface area contributed by atoms with E-state index in [2.05, 4.69) is 15.2 Å². The van der Waals surface area contributed by atoms with Gasteiger partial charge >= 0.3 is 0 Å². The molecule has 0 spiro atoms. The number of nitrogens with one attached hydrogen (secondary N) is 1. The van der Waals surface area contributed by atoms with Crippen molar-refractivity contribution >= 4 is 11.6 Å². The Kier molecular flexibility index (Phi) is 3.22. The maximum absolute atomic E-state index is 6.24. The van der Waals surface area contributed by atoms with Gasteiger partial charge in [-0.15, -0.1) is 0 Å². The van der Waals surface area contributed by atoms with Crippen molar-refractivity contribution in [2.75, 3.05) is 14.1 Å². The maximum Gasteiger partial charge on any atom is 0.102 e. The van der Waals surface area contributed by atoms with E-state index in [1.807, 2.05) is 37.2 Å². The van der Waals surface area contributed by atoms with E-state index in [4.69, 9.17) is 11.6 Å². The van der Waals surface area contributed by atoms with Crippen LogP contribution in [0, 0.1) is 0 Å². The molecular weight excluding hydrogens is 224 g/mol. The molecule has 0 aliphatic heterocycles. The molecule has 0 aromatic carbocycles. The Labute approximate surface area is 99.3 Å². The fourth-order valence-electron chi connectivity index (χ4n) is 1.45. The lowest BCUT2D eigenvalue weighted by molar-refractivity contribution is 0.396. The molecule has 0 aliphatic carbocycles. The SMILES string of the molecule is CN(C)Cc1n[nH]c(-c2ccccn2)c1Cl. The van der Waals surface area contributed by atoms with Crippen molar-refractivity contribution in [3.8, 4) is 11.4 Å². The number of halogens is 1. The van der Waals surface area contributed by atoms with E-state index in [1.165, 1.54) is 0 Å². The summed E-state index contributed by atoms with van der Waals surface area (Å²) in [5.74, 6) is 0. The maximum atomic E-state index is 6.24. The van der Waals surface area contributed by atoms with Gasteiger partial charge in [0.25, 0.3) is 0 Å². The van der Waals surface area contributed by atoms with E-state index in [0.717, 1.165) is 17.1 Å². The van der Waals surface area contributed by atoms with Crippen molar-refractivity contribution in [2.45, 2.75) is 6.54 Å². The van der Waals surface area contributed by atoms with E-state index in [1.54, 1.807) is 6.20 Å². The van der Waals surface area contributed by atoms with E-state index in [9.17, 15) is 0 Å². The van der Waals surface area contributed by atoms with Crippen molar-refractivity contribution < 1.29 is 0 Å². The second-order valence-electron chi connectivity index (χ2n) is 3.81. The first kappa shape index (κ1) is 11.1. The van der Waals surface area contributed by atoms with Crippen LogP contribution in [-0.4, -0.2) is 34.2 Å². The van der Waals surface area contributed by atoms with Crippen molar-refractivity contribution in [1.82, 2.24) is 20.1 Å². The Balaban J connectivity index is 2.34. The lowest BCUT2D eigenvalue weighted by Gasteiger charge is -2.06. The van der Waals surface area contributed by atoms with Crippen LogP contribution in [-0.2, 0) is 6.54 Å². The van der Waals surface area contributed by atoms with Gasteiger partial charge in [0.1, 0.15) is 5.69 Å². The second-order valence-corrected chi connectivity index (χ2v) is 4.19. The van der Waals surface area contributed by atoms with Gasteiger partial charge in [0.05, 0.1) is 16.4 Å². The van der Waals surface area contributed by atoms with Gasteiger partial charge in [-0.2, -0.15) is 5.10 Å². The van der Waals surface area contributed by atoms with Gasteiger partial charge in [-0.1, -0.05) is 17.7 Å². The quantitative estimate of drug-likeness (QED) is 0.889. The molecule has 0 atom stereocenters. The summed E-state index contributed by atoms with van der Waals surface area (Å²) in [5, 5.41) is 7.76. The average molecular weight is 237 g/mol. The van der Waals surface area contributed by atoms with E-state index < -0.39 is 0 Å². The molecule has 84 valence electrons. The number of hydrogen-bond donors (Lipinski definition) is 1. The molecule has 2 aromatic heterocycles. The van der Waals surface area contributed by atoms with Crippen molar-refractivity contribution in [3.63, 3.8) is 0 Å². The van der Waals surface area contributed by atoms with Crippen LogP contribution in [0.4, 0.5) is 0 Å². The smallest absolute Gasteiger partial charge is 0.102 e. The fourth-order valence-corrected chi connectivity index (χ4v) is 1.69. The topological polar surface area (TPSA) is 44.8 Å². The number of rotatable bonds is 3. The molecule has 5 heteroatoms. The summed E-state index contributed by atoms with van der Waals surface area (Å²) in [6, 6.07) is 5.69. The highest BCUT2D eigenvalue weighted by Gasteiger charge is 2.13. The van der Waals surface area contributed by atoms with Crippen LogP contribution in [0.2, 0.25) is 5.02 Å².